The van der Waals surface area contributed by atoms with Gasteiger partial charge in [0.05, 0.1) is 15.8 Å². The maximum Gasteiger partial charge on any atom is 0.196 e. The van der Waals surface area contributed by atoms with Crippen LogP contribution in [0.2, 0.25) is 0 Å². The molecule has 8 rings (SSSR count). The van der Waals surface area contributed by atoms with Crippen molar-refractivity contribution in [3.63, 3.8) is 0 Å². The second kappa shape index (κ2) is 16.4. The highest BCUT2D eigenvalue weighted by Gasteiger charge is 2.37. The Bertz CT molecular complexity index is 2560. The molecule has 0 aliphatic carbocycles. The van der Waals surface area contributed by atoms with Gasteiger partial charge in [-0.15, -0.1) is 0 Å². The highest BCUT2D eigenvalue weighted by atomic mass is 31.1. The van der Waals surface area contributed by atoms with Gasteiger partial charge in [0.25, 0.3) is 0 Å². The van der Waals surface area contributed by atoms with E-state index in [2.05, 4.69) is 0 Å². The Morgan fingerprint density at radius 3 is 0.845 bits per heavy atom. The molecule has 6 heteroatoms. The number of carbonyl (C=O) groups excluding carboxylic acids is 4. The molecule has 4 nitrogen and oxygen atoms in total. The van der Waals surface area contributed by atoms with Crippen LogP contribution in [0, 0.1) is 27.7 Å². The fourth-order valence-electron chi connectivity index (χ4n) is 7.34. The van der Waals surface area contributed by atoms with Crippen molar-refractivity contribution in [2.75, 3.05) is 0 Å². The predicted octanol–water partition coefficient (Wildman–Crippen LogP) is 12.5. The first kappa shape index (κ1) is 38.7. The van der Waals surface area contributed by atoms with Crippen molar-refractivity contribution in [1.29, 1.82) is 0 Å². The van der Waals surface area contributed by atoms with E-state index in [-0.39, 0.29) is 22.1 Å². The van der Waals surface area contributed by atoms with Crippen molar-refractivity contribution in [1.82, 2.24) is 0 Å². The minimum absolute atomic E-state index is 0.271. The van der Waals surface area contributed by atoms with Crippen LogP contribution in [0.15, 0.2) is 170 Å². The third kappa shape index (κ3) is 7.50. The Morgan fingerprint density at radius 1 is 0.310 bits per heavy atom. The summed E-state index contributed by atoms with van der Waals surface area (Å²) >= 11 is 0. The van der Waals surface area contributed by atoms with Crippen LogP contribution in [0.4, 0.5) is 0 Å². The van der Waals surface area contributed by atoms with Crippen LogP contribution in [0.25, 0.3) is 32.7 Å². The van der Waals surface area contributed by atoms with Crippen molar-refractivity contribution >= 4 is 70.1 Å². The molecule has 0 spiro atoms. The Morgan fingerprint density at radius 2 is 0.569 bits per heavy atom. The SMILES string of the molecule is Cc1ccc(C(=O)P(C(=O)c2ccc(C)cc2)c2ccc3ccccc3c2-c2c(P(C(=O)c3ccc(C)cc3)C(=O)c3ccc(C)cc3)ccc3ccccc23)cc1. The Labute approximate surface area is 341 Å². The van der Waals surface area contributed by atoms with Crippen LogP contribution in [0.1, 0.15) is 63.7 Å². The van der Waals surface area contributed by atoms with E-state index in [4.69, 9.17) is 0 Å². The van der Waals surface area contributed by atoms with Crippen molar-refractivity contribution in [3.8, 4) is 11.1 Å². The number of fused-ring (bicyclic) bond motifs is 2. The van der Waals surface area contributed by atoms with Crippen LogP contribution in [0.3, 0.4) is 0 Å². The van der Waals surface area contributed by atoms with Gasteiger partial charge in [0.2, 0.25) is 0 Å². The summed E-state index contributed by atoms with van der Waals surface area (Å²) in [6, 6.07) is 53.1. The molecule has 282 valence electrons. The van der Waals surface area contributed by atoms with Crippen LogP contribution in [-0.2, 0) is 0 Å². The third-order valence-electron chi connectivity index (χ3n) is 10.6. The molecule has 0 aliphatic heterocycles. The number of aryl methyl sites for hydroxylation is 4. The molecule has 58 heavy (non-hydrogen) atoms. The van der Waals surface area contributed by atoms with E-state index < -0.39 is 15.8 Å². The monoisotopic (exact) mass is 790 g/mol. The molecule has 0 bridgehead atoms. The first-order valence-corrected chi connectivity index (χ1v) is 21.9. The van der Waals surface area contributed by atoms with Crippen molar-refractivity contribution < 1.29 is 19.2 Å². The fraction of sp³-hybridized carbons (Fsp3) is 0.0769. The van der Waals surface area contributed by atoms with Crippen LogP contribution in [0.5, 0.6) is 0 Å². The molecule has 0 aliphatic rings. The van der Waals surface area contributed by atoms with Crippen LogP contribution < -0.4 is 10.6 Å². The summed E-state index contributed by atoms with van der Waals surface area (Å²) in [4.78, 5) is 60.3. The Balaban J connectivity index is 1.48. The van der Waals surface area contributed by atoms with Crippen LogP contribution in [-0.4, -0.2) is 22.1 Å². The maximum absolute atomic E-state index is 15.1. The van der Waals surface area contributed by atoms with E-state index in [0.29, 0.717) is 44.0 Å². The summed E-state index contributed by atoms with van der Waals surface area (Å²) in [5.74, 6) is 0. The normalized spacial score (nSPS) is 11.3. The molecule has 0 amide bonds. The molecule has 0 N–H and O–H groups in total. The van der Waals surface area contributed by atoms with Gasteiger partial charge in [-0.3, -0.25) is 19.2 Å². The van der Waals surface area contributed by atoms with E-state index in [9.17, 15) is 0 Å². The lowest BCUT2D eigenvalue weighted by Crippen LogP contribution is -2.23. The molecule has 0 aromatic heterocycles. The molecule has 0 radical (unpaired) electrons. The maximum atomic E-state index is 15.1. The molecule has 0 atom stereocenters. The van der Waals surface area contributed by atoms with Gasteiger partial charge in [-0.1, -0.05) is 192 Å². The summed E-state index contributed by atoms with van der Waals surface area (Å²) in [5.41, 5.74) is 6.06. The Kier molecular flexibility index (Phi) is 10.9. The van der Waals surface area contributed by atoms with E-state index in [1.54, 1.807) is 48.5 Å². The van der Waals surface area contributed by atoms with E-state index >= 15 is 19.2 Å². The number of hydrogen-bond acceptors (Lipinski definition) is 4. The number of rotatable bonds is 11. The zero-order chi connectivity index (χ0) is 40.5. The van der Waals surface area contributed by atoms with Crippen molar-refractivity contribution in [3.05, 3.63) is 214 Å². The first-order valence-electron chi connectivity index (χ1n) is 19.2. The highest BCUT2D eigenvalue weighted by Crippen LogP contribution is 2.51. The van der Waals surface area contributed by atoms with Crippen LogP contribution >= 0.6 is 15.8 Å². The summed E-state index contributed by atoms with van der Waals surface area (Å²) in [6.45, 7) is 7.86. The Hall–Kier alpha value is -6.18. The average molecular weight is 791 g/mol. The van der Waals surface area contributed by atoms with Crippen molar-refractivity contribution in [2.24, 2.45) is 0 Å². The molecule has 0 unspecified atom stereocenters. The zero-order valence-electron chi connectivity index (χ0n) is 32.7. The number of benzene rings is 8. The number of hydrogen-bond donors (Lipinski definition) is 0. The van der Waals surface area contributed by atoms with Crippen molar-refractivity contribution in [2.45, 2.75) is 27.7 Å². The summed E-state index contributed by atoms with van der Waals surface area (Å²) in [5, 5.41) is 4.59. The molecule has 8 aromatic carbocycles. The molecule has 8 aromatic rings. The lowest BCUT2D eigenvalue weighted by atomic mass is 9.93. The van der Waals surface area contributed by atoms with Gasteiger partial charge in [0, 0.05) is 22.3 Å². The van der Waals surface area contributed by atoms with Gasteiger partial charge in [-0.05, 0) is 71.0 Å². The standard InChI is InChI=1S/C52H40O4P2/c1-33-13-21-39(22-14-33)49(53)57(50(54)40-23-15-34(2)16-24-40)45-31-29-37-9-5-7-11-43(37)47(45)48-44-12-8-6-10-38(44)30-32-46(48)58(51(55)41-25-17-35(3)18-26-41)52(56)42-27-19-36(4)20-28-42/h5-32H,1-4H3. The molecule has 0 fully saturated rings. The van der Waals surface area contributed by atoms with Gasteiger partial charge in [-0.2, -0.15) is 0 Å². The minimum atomic E-state index is -2.22. The molecule has 0 saturated heterocycles. The number of carbonyl (C=O) groups is 4. The fourth-order valence-corrected chi connectivity index (χ4v) is 11.6. The predicted molar refractivity (Wildman–Crippen MR) is 242 cm³/mol. The summed E-state index contributed by atoms with van der Waals surface area (Å²) in [7, 11) is -4.44. The average Bonchev–Trinajstić information content (AvgIpc) is 3.24. The van der Waals surface area contributed by atoms with E-state index in [1.807, 2.05) is 149 Å². The second-order valence-corrected chi connectivity index (χ2v) is 18.6. The van der Waals surface area contributed by atoms with Gasteiger partial charge < -0.3 is 0 Å². The smallest absolute Gasteiger partial charge is 0.196 e. The lowest BCUT2D eigenvalue weighted by Gasteiger charge is -2.26. The summed E-state index contributed by atoms with van der Waals surface area (Å²) in [6.07, 6.45) is 0. The second-order valence-electron chi connectivity index (χ2n) is 14.7. The first-order chi connectivity index (χ1) is 28.1. The zero-order valence-corrected chi connectivity index (χ0v) is 34.5. The molecular weight excluding hydrogens is 751 g/mol. The summed E-state index contributed by atoms with van der Waals surface area (Å²) < 4.78 is 0. The lowest BCUT2D eigenvalue weighted by molar-refractivity contribution is 0.103. The topological polar surface area (TPSA) is 68.3 Å². The molecule has 0 heterocycles. The molecule has 0 saturated carbocycles. The largest absolute Gasteiger partial charge is 0.288 e. The highest BCUT2D eigenvalue weighted by molar-refractivity contribution is 7.97. The van der Waals surface area contributed by atoms with E-state index in [1.165, 1.54) is 0 Å². The van der Waals surface area contributed by atoms with Gasteiger partial charge in [-0.25, -0.2) is 0 Å². The van der Waals surface area contributed by atoms with Gasteiger partial charge in [0.15, 0.2) is 22.1 Å². The quantitative estimate of drug-likeness (QED) is 0.122. The molecular formula is C52H40O4P2. The van der Waals surface area contributed by atoms with Gasteiger partial charge >= 0.3 is 0 Å². The minimum Gasteiger partial charge on any atom is -0.288 e. The van der Waals surface area contributed by atoms with Gasteiger partial charge in [0.1, 0.15) is 0 Å². The van der Waals surface area contributed by atoms with E-state index in [0.717, 1.165) is 43.8 Å². The third-order valence-corrected chi connectivity index (χ3v) is 14.9.